The first-order valence-electron chi connectivity index (χ1n) is 20.9. The van der Waals surface area contributed by atoms with E-state index in [1.165, 1.54) is 66.8 Å². The summed E-state index contributed by atoms with van der Waals surface area (Å²) in [7, 11) is 0. The highest BCUT2D eigenvalue weighted by atomic mass is 16.3. The standard InChI is InChI=1S/C58H41NO/c1-57(2)51-23-10-6-19-45(51)48-33-32-44(37-54(48)57)59(43-18-14-17-39(35-43)38-15-4-3-5-16-38)42-30-27-40(28-31-42)58(52-24-11-7-20-46(52)47-21-8-12-25-53(47)58)41-29-34-56-50(36-41)49-22-9-13-26-55(49)60-56/h3-37H,1-2H3. The van der Waals surface area contributed by atoms with Gasteiger partial charge < -0.3 is 9.32 Å². The number of benzene rings is 9. The van der Waals surface area contributed by atoms with Crippen molar-refractivity contribution in [1.82, 2.24) is 0 Å². The van der Waals surface area contributed by atoms with E-state index in [9.17, 15) is 0 Å². The molecule has 1 aromatic heterocycles. The van der Waals surface area contributed by atoms with Gasteiger partial charge in [-0.05, 0) is 121 Å². The first kappa shape index (κ1) is 34.6. The molecule has 0 fully saturated rings. The molecule has 12 rings (SSSR count). The molecule has 10 aromatic rings. The molecule has 60 heavy (non-hydrogen) atoms. The average Bonchev–Trinajstić information content (AvgIpc) is 3.91. The van der Waals surface area contributed by atoms with Gasteiger partial charge in [0, 0.05) is 33.2 Å². The summed E-state index contributed by atoms with van der Waals surface area (Å²) in [4.78, 5) is 2.43. The van der Waals surface area contributed by atoms with E-state index in [4.69, 9.17) is 4.42 Å². The van der Waals surface area contributed by atoms with Crippen LogP contribution in [0.3, 0.4) is 0 Å². The van der Waals surface area contributed by atoms with E-state index >= 15 is 0 Å². The second-order valence-electron chi connectivity index (χ2n) is 16.8. The predicted octanol–water partition coefficient (Wildman–Crippen LogP) is 15.4. The molecular weight excluding hydrogens is 727 g/mol. The topological polar surface area (TPSA) is 16.4 Å². The Labute approximate surface area is 350 Å². The van der Waals surface area contributed by atoms with Gasteiger partial charge in [0.25, 0.3) is 0 Å². The Hall–Kier alpha value is -7.42. The van der Waals surface area contributed by atoms with Gasteiger partial charge in [-0.2, -0.15) is 0 Å². The van der Waals surface area contributed by atoms with Gasteiger partial charge in [0.05, 0.1) is 5.41 Å². The fourth-order valence-electron chi connectivity index (χ4n) is 10.6. The molecule has 0 radical (unpaired) electrons. The molecular formula is C58H41NO. The lowest BCUT2D eigenvalue weighted by atomic mass is 9.67. The molecule has 2 nitrogen and oxygen atoms in total. The minimum Gasteiger partial charge on any atom is -0.456 e. The normalized spacial score (nSPS) is 14.1. The molecule has 0 saturated carbocycles. The van der Waals surface area contributed by atoms with Gasteiger partial charge in [-0.15, -0.1) is 0 Å². The fraction of sp³-hybridized carbons (Fsp3) is 0.0690. The summed E-state index contributed by atoms with van der Waals surface area (Å²) >= 11 is 0. The van der Waals surface area contributed by atoms with Crippen LogP contribution in [0.4, 0.5) is 17.1 Å². The van der Waals surface area contributed by atoms with Crippen molar-refractivity contribution < 1.29 is 4.42 Å². The summed E-state index contributed by atoms with van der Waals surface area (Å²) in [5, 5.41) is 2.26. The van der Waals surface area contributed by atoms with E-state index in [2.05, 4.69) is 225 Å². The molecule has 0 bridgehead atoms. The molecule has 9 aromatic carbocycles. The number of rotatable bonds is 6. The van der Waals surface area contributed by atoms with Crippen molar-refractivity contribution >= 4 is 39.0 Å². The zero-order chi connectivity index (χ0) is 40.0. The summed E-state index contributed by atoms with van der Waals surface area (Å²) < 4.78 is 6.36. The first-order chi connectivity index (χ1) is 29.5. The van der Waals surface area contributed by atoms with Gasteiger partial charge in [-0.25, -0.2) is 0 Å². The monoisotopic (exact) mass is 767 g/mol. The van der Waals surface area contributed by atoms with Crippen molar-refractivity contribution in [3.05, 3.63) is 246 Å². The molecule has 2 aliphatic carbocycles. The maximum atomic E-state index is 6.36. The predicted molar refractivity (Wildman–Crippen MR) is 249 cm³/mol. The van der Waals surface area contributed by atoms with Crippen LogP contribution in [0.25, 0.3) is 55.3 Å². The maximum Gasteiger partial charge on any atom is 0.135 e. The van der Waals surface area contributed by atoms with Crippen LogP contribution in [-0.4, -0.2) is 0 Å². The molecule has 0 unspecified atom stereocenters. The third-order valence-corrected chi connectivity index (χ3v) is 13.4. The molecule has 0 amide bonds. The van der Waals surface area contributed by atoms with Crippen molar-refractivity contribution in [2.75, 3.05) is 4.90 Å². The second-order valence-corrected chi connectivity index (χ2v) is 16.8. The number of anilines is 3. The number of hydrogen-bond acceptors (Lipinski definition) is 2. The zero-order valence-corrected chi connectivity index (χ0v) is 33.6. The average molecular weight is 768 g/mol. The Morgan fingerprint density at radius 3 is 1.65 bits per heavy atom. The van der Waals surface area contributed by atoms with Crippen molar-refractivity contribution in [2.45, 2.75) is 24.7 Å². The van der Waals surface area contributed by atoms with Crippen molar-refractivity contribution in [1.29, 1.82) is 0 Å². The summed E-state index contributed by atoms with van der Waals surface area (Å²) in [5.41, 5.74) is 19.8. The molecule has 0 saturated heterocycles. The van der Waals surface area contributed by atoms with E-state index in [0.717, 1.165) is 39.0 Å². The Kier molecular flexibility index (Phi) is 7.52. The van der Waals surface area contributed by atoms with Gasteiger partial charge >= 0.3 is 0 Å². The van der Waals surface area contributed by atoms with E-state index in [1.807, 2.05) is 6.07 Å². The molecule has 284 valence electrons. The van der Waals surface area contributed by atoms with Crippen LogP contribution in [0.2, 0.25) is 0 Å². The molecule has 0 atom stereocenters. The van der Waals surface area contributed by atoms with E-state index in [-0.39, 0.29) is 5.41 Å². The Balaban J connectivity index is 1.07. The molecule has 0 N–H and O–H groups in total. The number of hydrogen-bond donors (Lipinski definition) is 0. The largest absolute Gasteiger partial charge is 0.456 e. The molecule has 1 heterocycles. The Morgan fingerprint density at radius 2 is 0.900 bits per heavy atom. The van der Waals surface area contributed by atoms with Gasteiger partial charge in [0.1, 0.15) is 11.2 Å². The van der Waals surface area contributed by atoms with Crippen LogP contribution in [0.15, 0.2) is 217 Å². The number of fused-ring (bicyclic) bond motifs is 9. The number of para-hydroxylation sites is 1. The number of furan rings is 1. The van der Waals surface area contributed by atoms with Gasteiger partial charge in [0.15, 0.2) is 0 Å². The highest BCUT2D eigenvalue weighted by Gasteiger charge is 2.46. The van der Waals surface area contributed by atoms with Gasteiger partial charge in [-0.3, -0.25) is 0 Å². The maximum absolute atomic E-state index is 6.36. The molecule has 2 aliphatic rings. The number of nitrogens with zero attached hydrogens (tertiary/aromatic N) is 1. The quantitative estimate of drug-likeness (QED) is 0.168. The SMILES string of the molecule is CC1(C)c2ccccc2-c2ccc(N(c3ccc(C4(c5ccc6oc7ccccc7c6c5)c5ccccc5-c5ccccc54)cc3)c3cccc(-c4ccccc4)c3)cc21. The van der Waals surface area contributed by atoms with Crippen LogP contribution in [0.1, 0.15) is 47.2 Å². The summed E-state index contributed by atoms with van der Waals surface area (Å²) in [6.45, 7) is 4.72. The highest BCUT2D eigenvalue weighted by Crippen LogP contribution is 2.57. The summed E-state index contributed by atoms with van der Waals surface area (Å²) in [6, 6.07) is 78.1. The highest BCUT2D eigenvalue weighted by molar-refractivity contribution is 6.05. The lowest BCUT2D eigenvalue weighted by Crippen LogP contribution is -2.28. The summed E-state index contributed by atoms with van der Waals surface area (Å²) in [5.74, 6) is 0. The van der Waals surface area contributed by atoms with Crippen molar-refractivity contribution in [2.24, 2.45) is 0 Å². The van der Waals surface area contributed by atoms with E-state index < -0.39 is 5.41 Å². The molecule has 2 heteroatoms. The minimum absolute atomic E-state index is 0.125. The molecule has 0 spiro atoms. The Morgan fingerprint density at radius 1 is 0.350 bits per heavy atom. The second kappa shape index (κ2) is 13.0. The van der Waals surface area contributed by atoms with E-state index in [0.29, 0.717) is 0 Å². The fourth-order valence-corrected chi connectivity index (χ4v) is 10.6. The third-order valence-electron chi connectivity index (χ3n) is 13.4. The van der Waals surface area contributed by atoms with Crippen LogP contribution in [-0.2, 0) is 10.8 Å². The van der Waals surface area contributed by atoms with Crippen molar-refractivity contribution in [3.8, 4) is 33.4 Å². The van der Waals surface area contributed by atoms with Crippen LogP contribution < -0.4 is 4.90 Å². The lowest BCUT2D eigenvalue weighted by Gasteiger charge is -2.34. The van der Waals surface area contributed by atoms with Crippen LogP contribution >= 0.6 is 0 Å². The smallest absolute Gasteiger partial charge is 0.135 e. The first-order valence-corrected chi connectivity index (χ1v) is 20.9. The van der Waals surface area contributed by atoms with Crippen molar-refractivity contribution in [3.63, 3.8) is 0 Å². The summed E-state index contributed by atoms with van der Waals surface area (Å²) in [6.07, 6.45) is 0. The molecule has 0 aliphatic heterocycles. The Bertz CT molecular complexity index is 3250. The minimum atomic E-state index is -0.556. The lowest BCUT2D eigenvalue weighted by molar-refractivity contribution is 0.660. The van der Waals surface area contributed by atoms with E-state index in [1.54, 1.807) is 0 Å². The third kappa shape index (κ3) is 4.94. The van der Waals surface area contributed by atoms with Gasteiger partial charge in [-0.1, -0.05) is 172 Å². The van der Waals surface area contributed by atoms with Crippen LogP contribution in [0.5, 0.6) is 0 Å². The van der Waals surface area contributed by atoms with Gasteiger partial charge in [0.2, 0.25) is 0 Å². The zero-order valence-electron chi connectivity index (χ0n) is 33.6. The van der Waals surface area contributed by atoms with Crippen LogP contribution in [0, 0.1) is 0 Å².